The van der Waals surface area contributed by atoms with Crippen molar-refractivity contribution in [1.82, 2.24) is 10.2 Å². The van der Waals surface area contributed by atoms with E-state index in [9.17, 15) is 0 Å². The molecule has 2 aliphatic heterocycles. The molecule has 120 valence electrons. The molecule has 0 radical (unpaired) electrons. The smallest absolute Gasteiger partial charge is 0.194 e. The molecule has 0 bridgehead atoms. The van der Waals surface area contributed by atoms with Crippen LogP contribution in [0.1, 0.15) is 24.8 Å². The summed E-state index contributed by atoms with van der Waals surface area (Å²) in [7, 11) is 3.36. The van der Waals surface area contributed by atoms with Gasteiger partial charge in [-0.1, -0.05) is 0 Å². The largest absolute Gasteiger partial charge is 0.497 e. The van der Waals surface area contributed by atoms with E-state index in [4.69, 9.17) is 9.47 Å². The maximum Gasteiger partial charge on any atom is 0.194 e. The van der Waals surface area contributed by atoms with Crippen molar-refractivity contribution in [1.29, 1.82) is 0 Å². The van der Waals surface area contributed by atoms with E-state index in [0.29, 0.717) is 6.04 Å². The number of methoxy groups -OCH3 is 2. The minimum Gasteiger partial charge on any atom is -0.497 e. The van der Waals surface area contributed by atoms with E-state index >= 15 is 0 Å². The maximum atomic E-state index is 5.32. The molecular formula is C17H25N3O2. The molecule has 2 heterocycles. The highest BCUT2D eigenvalue weighted by Crippen LogP contribution is 2.23. The second-order valence-corrected chi connectivity index (χ2v) is 5.90. The lowest BCUT2D eigenvalue weighted by Crippen LogP contribution is -2.46. The third kappa shape index (κ3) is 3.29. The summed E-state index contributed by atoms with van der Waals surface area (Å²) in [5, 5.41) is 3.50. The van der Waals surface area contributed by atoms with Crippen LogP contribution in [0, 0.1) is 0 Å². The van der Waals surface area contributed by atoms with Gasteiger partial charge in [-0.3, -0.25) is 4.99 Å². The fraction of sp³-hybridized carbons (Fsp3) is 0.588. The van der Waals surface area contributed by atoms with Gasteiger partial charge in [0.1, 0.15) is 11.5 Å². The Morgan fingerprint density at radius 2 is 1.95 bits per heavy atom. The van der Waals surface area contributed by atoms with Gasteiger partial charge >= 0.3 is 0 Å². The van der Waals surface area contributed by atoms with Crippen LogP contribution in [0.5, 0.6) is 11.5 Å². The SMILES string of the molecule is COc1cc(CCNC2=NC[C@@H]3CCCCN23)cc(OC)c1. The molecule has 0 aromatic heterocycles. The van der Waals surface area contributed by atoms with Crippen molar-refractivity contribution < 1.29 is 9.47 Å². The Bertz CT molecular complexity index is 522. The van der Waals surface area contributed by atoms with Crippen LogP contribution in [0.15, 0.2) is 23.2 Å². The lowest BCUT2D eigenvalue weighted by molar-refractivity contribution is 0.262. The van der Waals surface area contributed by atoms with Gasteiger partial charge in [0.15, 0.2) is 5.96 Å². The zero-order valence-corrected chi connectivity index (χ0v) is 13.5. The first-order valence-electron chi connectivity index (χ1n) is 8.07. The number of nitrogens with zero attached hydrogens (tertiary/aromatic N) is 2. The standard InChI is InChI=1S/C17H25N3O2/c1-21-15-9-13(10-16(11-15)22-2)6-7-18-17-19-12-14-5-3-4-8-20(14)17/h9-11,14H,3-8,12H2,1-2H3,(H,18,19)/t14-/m0/s1. The van der Waals surface area contributed by atoms with Crippen molar-refractivity contribution in [3.05, 3.63) is 23.8 Å². The van der Waals surface area contributed by atoms with Crippen LogP contribution < -0.4 is 14.8 Å². The number of guanidine groups is 1. The molecule has 22 heavy (non-hydrogen) atoms. The summed E-state index contributed by atoms with van der Waals surface area (Å²) in [4.78, 5) is 7.10. The summed E-state index contributed by atoms with van der Waals surface area (Å²) in [5.74, 6) is 2.76. The first-order valence-corrected chi connectivity index (χ1v) is 8.07. The number of rotatable bonds is 5. The Morgan fingerprint density at radius 1 is 1.18 bits per heavy atom. The molecule has 5 nitrogen and oxygen atoms in total. The summed E-state index contributed by atoms with van der Waals surface area (Å²) in [6.07, 6.45) is 4.82. The summed E-state index contributed by atoms with van der Waals surface area (Å²) >= 11 is 0. The van der Waals surface area contributed by atoms with Crippen LogP contribution in [0.2, 0.25) is 0 Å². The van der Waals surface area contributed by atoms with Crippen molar-refractivity contribution in [2.75, 3.05) is 33.9 Å². The van der Waals surface area contributed by atoms with Crippen LogP contribution in [0.3, 0.4) is 0 Å². The van der Waals surface area contributed by atoms with E-state index in [2.05, 4.69) is 27.3 Å². The Labute approximate surface area is 132 Å². The van der Waals surface area contributed by atoms with Crippen molar-refractivity contribution in [2.45, 2.75) is 31.7 Å². The Kier molecular flexibility index (Phi) is 4.71. The second kappa shape index (κ2) is 6.90. The Morgan fingerprint density at radius 3 is 2.68 bits per heavy atom. The van der Waals surface area contributed by atoms with Crippen molar-refractivity contribution in [3.63, 3.8) is 0 Å². The highest BCUT2D eigenvalue weighted by Gasteiger charge is 2.29. The predicted octanol–water partition coefficient (Wildman–Crippen LogP) is 2.06. The molecule has 5 heteroatoms. The molecule has 0 aliphatic carbocycles. The fourth-order valence-electron chi connectivity index (χ4n) is 3.24. The maximum absolute atomic E-state index is 5.32. The summed E-state index contributed by atoms with van der Waals surface area (Å²) in [6.45, 7) is 2.97. The van der Waals surface area contributed by atoms with Gasteiger partial charge < -0.3 is 19.7 Å². The number of ether oxygens (including phenoxy) is 2. The van der Waals surface area contributed by atoms with Gasteiger partial charge in [0, 0.05) is 19.2 Å². The van der Waals surface area contributed by atoms with Crippen molar-refractivity contribution >= 4 is 5.96 Å². The number of benzene rings is 1. The number of piperidine rings is 1. The molecule has 0 unspecified atom stereocenters. The molecule has 1 N–H and O–H groups in total. The van der Waals surface area contributed by atoms with Crippen LogP contribution in [0.4, 0.5) is 0 Å². The Balaban J connectivity index is 1.55. The van der Waals surface area contributed by atoms with Gasteiger partial charge in [-0.15, -0.1) is 0 Å². The third-order valence-corrected chi connectivity index (χ3v) is 4.46. The van der Waals surface area contributed by atoms with Gasteiger partial charge in [0.25, 0.3) is 0 Å². The summed E-state index contributed by atoms with van der Waals surface area (Å²) in [6, 6.07) is 6.65. The molecule has 2 aliphatic rings. The zero-order chi connectivity index (χ0) is 15.4. The molecule has 0 spiro atoms. The van der Waals surface area contributed by atoms with E-state index < -0.39 is 0 Å². The summed E-state index contributed by atoms with van der Waals surface area (Å²) in [5.41, 5.74) is 1.21. The number of nitrogens with one attached hydrogen (secondary N) is 1. The van der Waals surface area contributed by atoms with Gasteiger partial charge in [0.2, 0.25) is 0 Å². The molecular weight excluding hydrogens is 278 g/mol. The zero-order valence-electron chi connectivity index (χ0n) is 13.5. The lowest BCUT2D eigenvalue weighted by atomic mass is 10.0. The second-order valence-electron chi connectivity index (χ2n) is 5.90. The van der Waals surface area contributed by atoms with Gasteiger partial charge in [-0.2, -0.15) is 0 Å². The van der Waals surface area contributed by atoms with Gasteiger partial charge in [-0.25, -0.2) is 0 Å². The molecule has 1 fully saturated rings. The molecule has 0 saturated carbocycles. The number of hydrogen-bond acceptors (Lipinski definition) is 5. The monoisotopic (exact) mass is 303 g/mol. The first kappa shape index (κ1) is 15.0. The van der Waals surface area contributed by atoms with E-state index in [1.54, 1.807) is 14.2 Å². The molecule has 1 saturated heterocycles. The average Bonchev–Trinajstić information content (AvgIpc) is 2.98. The van der Waals surface area contributed by atoms with Crippen LogP contribution >= 0.6 is 0 Å². The minimum atomic E-state index is 0.633. The van der Waals surface area contributed by atoms with Crippen molar-refractivity contribution in [3.8, 4) is 11.5 Å². The number of hydrogen-bond donors (Lipinski definition) is 1. The highest BCUT2D eigenvalue weighted by atomic mass is 16.5. The normalized spacial score (nSPS) is 20.4. The van der Waals surface area contributed by atoms with Crippen LogP contribution in [-0.4, -0.2) is 50.8 Å². The van der Waals surface area contributed by atoms with Gasteiger partial charge in [-0.05, 0) is 43.4 Å². The van der Waals surface area contributed by atoms with Crippen LogP contribution in [0.25, 0.3) is 0 Å². The van der Waals surface area contributed by atoms with Crippen molar-refractivity contribution in [2.24, 2.45) is 4.99 Å². The third-order valence-electron chi connectivity index (χ3n) is 4.46. The highest BCUT2D eigenvalue weighted by molar-refractivity contribution is 5.82. The fourth-order valence-corrected chi connectivity index (χ4v) is 3.24. The molecule has 0 amide bonds. The minimum absolute atomic E-state index is 0.633. The molecule has 1 aromatic carbocycles. The van der Waals surface area contributed by atoms with E-state index in [1.807, 2.05) is 6.07 Å². The molecule has 1 atom stereocenters. The van der Waals surface area contributed by atoms with Crippen LogP contribution in [-0.2, 0) is 6.42 Å². The molecule has 3 rings (SSSR count). The average molecular weight is 303 g/mol. The lowest BCUT2D eigenvalue weighted by Gasteiger charge is -2.32. The number of fused-ring (bicyclic) bond motifs is 1. The van der Waals surface area contributed by atoms with E-state index in [-0.39, 0.29) is 0 Å². The first-order chi connectivity index (χ1) is 10.8. The Hall–Kier alpha value is -1.91. The number of aliphatic imine (C=N–C) groups is 1. The predicted molar refractivity (Wildman–Crippen MR) is 87.9 cm³/mol. The van der Waals surface area contributed by atoms with E-state index in [1.165, 1.54) is 24.8 Å². The summed E-state index contributed by atoms with van der Waals surface area (Å²) < 4.78 is 10.6. The van der Waals surface area contributed by atoms with Gasteiger partial charge in [0.05, 0.1) is 26.8 Å². The topological polar surface area (TPSA) is 46.1 Å². The molecule has 1 aromatic rings. The quantitative estimate of drug-likeness (QED) is 0.904. The van der Waals surface area contributed by atoms with E-state index in [0.717, 1.165) is 43.5 Å².